The molecule has 0 aliphatic heterocycles. The minimum atomic E-state index is 0.963. The van der Waals surface area contributed by atoms with Crippen LogP contribution in [0.15, 0.2) is 36.4 Å². The summed E-state index contributed by atoms with van der Waals surface area (Å²) < 4.78 is 1.33. The molecule has 1 rings (SSSR count). The van der Waals surface area contributed by atoms with Crippen LogP contribution in [0.2, 0.25) is 0 Å². The molecular weight excluding hydrogens is 285 g/mol. The highest BCUT2D eigenvalue weighted by molar-refractivity contribution is 14.1. The van der Waals surface area contributed by atoms with Crippen LogP contribution in [-0.4, -0.2) is 18.5 Å². The third-order valence-electron chi connectivity index (χ3n) is 1.94. The normalized spacial score (nSPS) is 10.6. The van der Waals surface area contributed by atoms with Gasteiger partial charge >= 0.3 is 0 Å². The van der Waals surface area contributed by atoms with E-state index in [9.17, 15) is 0 Å². The Labute approximate surface area is 100.0 Å². The molecule has 0 amide bonds. The molecule has 0 spiro atoms. The predicted molar refractivity (Wildman–Crippen MR) is 70.3 cm³/mol. The molecule has 0 heterocycles. The number of nitrogens with zero attached hydrogens (tertiary/aromatic N) is 1. The van der Waals surface area contributed by atoms with Crippen molar-refractivity contribution < 1.29 is 0 Å². The molecule has 0 fully saturated rings. The second-order valence-electron chi connectivity index (χ2n) is 3.72. The first-order valence-corrected chi connectivity index (χ1v) is 5.74. The van der Waals surface area contributed by atoms with Crippen molar-refractivity contribution in [1.29, 1.82) is 0 Å². The monoisotopic (exact) mass is 301 g/mol. The van der Waals surface area contributed by atoms with Crippen molar-refractivity contribution in [2.75, 3.05) is 13.6 Å². The van der Waals surface area contributed by atoms with Gasteiger partial charge in [-0.25, -0.2) is 0 Å². The summed E-state index contributed by atoms with van der Waals surface area (Å²) in [6, 6.07) is 8.48. The summed E-state index contributed by atoms with van der Waals surface area (Å²) in [5.74, 6) is 0. The van der Waals surface area contributed by atoms with Crippen LogP contribution in [0.1, 0.15) is 12.5 Å². The average molecular weight is 301 g/mol. The Morgan fingerprint density at radius 3 is 2.64 bits per heavy atom. The van der Waals surface area contributed by atoms with Gasteiger partial charge in [0.05, 0.1) is 0 Å². The zero-order chi connectivity index (χ0) is 10.6. The first kappa shape index (κ1) is 11.7. The lowest BCUT2D eigenvalue weighted by molar-refractivity contribution is 0.355. The van der Waals surface area contributed by atoms with Crippen molar-refractivity contribution in [3.8, 4) is 0 Å². The maximum Gasteiger partial charge on any atom is 0.0244 e. The fourth-order valence-electron chi connectivity index (χ4n) is 1.43. The summed E-state index contributed by atoms with van der Waals surface area (Å²) >= 11 is 2.38. The van der Waals surface area contributed by atoms with E-state index in [1.807, 2.05) is 0 Å². The molecular formula is C12H16IN. The molecule has 0 bridgehead atoms. The first-order valence-electron chi connectivity index (χ1n) is 4.66. The average Bonchev–Trinajstić information content (AvgIpc) is 2.07. The van der Waals surface area contributed by atoms with Crippen molar-refractivity contribution in [2.24, 2.45) is 0 Å². The zero-order valence-corrected chi connectivity index (χ0v) is 10.9. The molecule has 0 radical (unpaired) electrons. The summed E-state index contributed by atoms with van der Waals surface area (Å²) in [4.78, 5) is 2.28. The molecule has 1 nitrogen and oxygen atoms in total. The molecule has 1 aromatic rings. The van der Waals surface area contributed by atoms with Gasteiger partial charge < -0.3 is 0 Å². The van der Waals surface area contributed by atoms with Crippen LogP contribution >= 0.6 is 22.6 Å². The van der Waals surface area contributed by atoms with Gasteiger partial charge in [-0.3, -0.25) is 4.90 Å². The third kappa shape index (κ3) is 3.80. The van der Waals surface area contributed by atoms with Crippen LogP contribution in [0.3, 0.4) is 0 Å². The zero-order valence-electron chi connectivity index (χ0n) is 8.76. The molecule has 0 atom stereocenters. The molecule has 76 valence electrons. The summed E-state index contributed by atoms with van der Waals surface area (Å²) in [5.41, 5.74) is 2.59. The van der Waals surface area contributed by atoms with Gasteiger partial charge in [-0.05, 0) is 48.2 Å². The molecule has 14 heavy (non-hydrogen) atoms. The molecule has 1 aromatic carbocycles. The number of hydrogen-bond acceptors (Lipinski definition) is 1. The van der Waals surface area contributed by atoms with Crippen molar-refractivity contribution in [3.63, 3.8) is 0 Å². The van der Waals surface area contributed by atoms with Gasteiger partial charge in [0, 0.05) is 16.7 Å². The molecule has 0 saturated heterocycles. The Balaban J connectivity index is 2.60. The maximum atomic E-state index is 3.92. The van der Waals surface area contributed by atoms with E-state index >= 15 is 0 Å². The predicted octanol–water partition coefficient (Wildman–Crippen LogP) is 3.30. The van der Waals surface area contributed by atoms with Crippen LogP contribution in [0, 0.1) is 3.57 Å². The van der Waals surface area contributed by atoms with Gasteiger partial charge in [-0.1, -0.05) is 30.4 Å². The topological polar surface area (TPSA) is 3.24 Å². The van der Waals surface area contributed by atoms with E-state index in [1.54, 1.807) is 0 Å². The number of halogens is 1. The highest BCUT2D eigenvalue weighted by atomic mass is 127. The SMILES string of the molecule is C=C(C)CN(C)Cc1ccccc1I. The van der Waals surface area contributed by atoms with E-state index in [0.29, 0.717) is 0 Å². The number of likely N-dealkylation sites (N-methyl/N-ethyl adjacent to an activating group) is 1. The summed E-state index contributed by atoms with van der Waals surface area (Å²) in [5, 5.41) is 0. The summed E-state index contributed by atoms with van der Waals surface area (Å²) in [6.07, 6.45) is 0. The van der Waals surface area contributed by atoms with E-state index < -0.39 is 0 Å². The van der Waals surface area contributed by atoms with Crippen LogP contribution in [0.25, 0.3) is 0 Å². The fraction of sp³-hybridized carbons (Fsp3) is 0.333. The van der Waals surface area contributed by atoms with Gasteiger partial charge in [0.1, 0.15) is 0 Å². The van der Waals surface area contributed by atoms with Crippen molar-refractivity contribution in [2.45, 2.75) is 13.5 Å². The molecule has 0 aromatic heterocycles. The highest BCUT2D eigenvalue weighted by Crippen LogP contribution is 2.13. The number of rotatable bonds is 4. The Morgan fingerprint density at radius 2 is 2.07 bits per heavy atom. The van der Waals surface area contributed by atoms with Crippen LogP contribution < -0.4 is 0 Å². The second kappa shape index (κ2) is 5.51. The smallest absolute Gasteiger partial charge is 0.0244 e. The van der Waals surface area contributed by atoms with Gasteiger partial charge in [0.2, 0.25) is 0 Å². The number of hydrogen-bond donors (Lipinski definition) is 0. The Kier molecular flexibility index (Phi) is 4.62. The Hall–Kier alpha value is -0.350. The first-order chi connectivity index (χ1) is 6.59. The fourth-order valence-corrected chi connectivity index (χ4v) is 1.99. The molecule has 0 N–H and O–H groups in total. The lowest BCUT2D eigenvalue weighted by atomic mass is 10.2. The van der Waals surface area contributed by atoms with Crippen molar-refractivity contribution in [1.82, 2.24) is 4.90 Å². The minimum Gasteiger partial charge on any atom is -0.298 e. The van der Waals surface area contributed by atoms with Crippen molar-refractivity contribution >= 4 is 22.6 Å². The lowest BCUT2D eigenvalue weighted by Crippen LogP contribution is -2.20. The highest BCUT2D eigenvalue weighted by Gasteiger charge is 2.02. The van der Waals surface area contributed by atoms with E-state index in [-0.39, 0.29) is 0 Å². The number of benzene rings is 1. The van der Waals surface area contributed by atoms with Crippen LogP contribution in [-0.2, 0) is 6.54 Å². The third-order valence-corrected chi connectivity index (χ3v) is 2.99. The van der Waals surface area contributed by atoms with Crippen LogP contribution in [0.5, 0.6) is 0 Å². The Bertz CT molecular complexity index is 320. The van der Waals surface area contributed by atoms with Gasteiger partial charge in [-0.2, -0.15) is 0 Å². The largest absolute Gasteiger partial charge is 0.298 e. The standard InChI is InChI=1S/C12H16IN/c1-10(2)8-14(3)9-11-6-4-5-7-12(11)13/h4-7H,1,8-9H2,2-3H3. The minimum absolute atomic E-state index is 0.963. The van der Waals surface area contributed by atoms with E-state index in [0.717, 1.165) is 13.1 Å². The quantitative estimate of drug-likeness (QED) is 0.609. The van der Waals surface area contributed by atoms with E-state index in [2.05, 4.69) is 72.3 Å². The van der Waals surface area contributed by atoms with E-state index in [1.165, 1.54) is 14.7 Å². The van der Waals surface area contributed by atoms with E-state index in [4.69, 9.17) is 0 Å². The Morgan fingerprint density at radius 1 is 1.43 bits per heavy atom. The second-order valence-corrected chi connectivity index (χ2v) is 4.88. The molecule has 0 unspecified atom stereocenters. The molecule has 2 heteroatoms. The van der Waals surface area contributed by atoms with Gasteiger partial charge in [0.25, 0.3) is 0 Å². The molecule has 0 saturated carbocycles. The van der Waals surface area contributed by atoms with Gasteiger partial charge in [0.15, 0.2) is 0 Å². The van der Waals surface area contributed by atoms with Gasteiger partial charge in [-0.15, -0.1) is 0 Å². The summed E-state index contributed by atoms with van der Waals surface area (Å²) in [6.45, 7) is 7.93. The van der Waals surface area contributed by atoms with Crippen LogP contribution in [0.4, 0.5) is 0 Å². The lowest BCUT2D eigenvalue weighted by Gasteiger charge is -2.17. The van der Waals surface area contributed by atoms with Crippen molar-refractivity contribution in [3.05, 3.63) is 45.6 Å². The molecule has 0 aliphatic rings. The summed E-state index contributed by atoms with van der Waals surface area (Å²) in [7, 11) is 2.12. The molecule has 0 aliphatic carbocycles. The maximum absolute atomic E-state index is 3.92.